The number of nitrogens with one attached hydrogen (secondary N) is 1. The number of fused-ring (bicyclic) bond motifs is 1. The fourth-order valence-corrected chi connectivity index (χ4v) is 4.35. The third-order valence-electron chi connectivity index (χ3n) is 5.98. The minimum absolute atomic E-state index is 0. The van der Waals surface area contributed by atoms with Gasteiger partial charge in [0.05, 0.1) is 13.2 Å². The Morgan fingerprint density at radius 1 is 1.18 bits per heavy atom. The van der Waals surface area contributed by atoms with Gasteiger partial charge in [-0.3, -0.25) is 4.79 Å². The second-order valence-electron chi connectivity index (χ2n) is 7.68. The van der Waals surface area contributed by atoms with E-state index in [4.69, 9.17) is 4.74 Å². The second-order valence-corrected chi connectivity index (χ2v) is 7.68. The van der Waals surface area contributed by atoms with Crippen molar-refractivity contribution in [1.29, 1.82) is 0 Å². The highest BCUT2D eigenvalue weighted by atomic mass is 35.5. The van der Waals surface area contributed by atoms with Crippen LogP contribution in [0.2, 0.25) is 0 Å². The van der Waals surface area contributed by atoms with Crippen LogP contribution in [0.15, 0.2) is 48.5 Å². The van der Waals surface area contributed by atoms with Crippen LogP contribution in [0, 0.1) is 5.92 Å². The zero-order chi connectivity index (χ0) is 18.6. The summed E-state index contributed by atoms with van der Waals surface area (Å²) in [7, 11) is 1.69. The number of carbonyl (C=O) groups is 1. The van der Waals surface area contributed by atoms with E-state index >= 15 is 0 Å². The number of carbonyl (C=O) groups excluding carboxylic acids is 1. The number of hydrogen-bond donors (Lipinski definition) is 1. The number of halogens is 1. The van der Waals surface area contributed by atoms with Gasteiger partial charge in [0.1, 0.15) is 5.75 Å². The molecule has 2 aliphatic rings. The van der Waals surface area contributed by atoms with Crippen LogP contribution in [0.3, 0.4) is 0 Å². The van der Waals surface area contributed by atoms with E-state index in [-0.39, 0.29) is 24.4 Å². The Labute approximate surface area is 173 Å². The van der Waals surface area contributed by atoms with Crippen molar-refractivity contribution in [2.45, 2.75) is 38.3 Å². The highest BCUT2D eigenvalue weighted by Crippen LogP contribution is 2.35. The lowest BCUT2D eigenvalue weighted by Gasteiger charge is -2.38. The van der Waals surface area contributed by atoms with Crippen molar-refractivity contribution in [2.75, 3.05) is 20.2 Å². The van der Waals surface area contributed by atoms with Crippen LogP contribution >= 0.6 is 12.4 Å². The predicted molar refractivity (Wildman–Crippen MR) is 114 cm³/mol. The van der Waals surface area contributed by atoms with E-state index < -0.39 is 0 Å². The number of methoxy groups -OCH3 is 1. The number of rotatable bonds is 5. The molecule has 4 rings (SSSR count). The topological polar surface area (TPSA) is 41.6 Å². The first-order valence-corrected chi connectivity index (χ1v) is 9.95. The van der Waals surface area contributed by atoms with Crippen LogP contribution in [0.4, 0.5) is 0 Å². The van der Waals surface area contributed by atoms with Gasteiger partial charge in [-0.25, -0.2) is 0 Å². The molecule has 1 fully saturated rings. The Balaban J connectivity index is 0.00000225. The molecule has 4 nitrogen and oxygen atoms in total. The zero-order valence-corrected chi connectivity index (χ0v) is 17.2. The van der Waals surface area contributed by atoms with Crippen molar-refractivity contribution >= 4 is 18.3 Å². The van der Waals surface area contributed by atoms with E-state index in [1.165, 1.54) is 23.1 Å². The molecule has 2 aliphatic heterocycles. The lowest BCUT2D eigenvalue weighted by molar-refractivity contribution is -0.135. The summed E-state index contributed by atoms with van der Waals surface area (Å²) in [6, 6.07) is 16.8. The SMILES string of the molecule is COc1ccc2c(c1)CN(C(=O)CCC1CCNC1)C(c1ccccc1)C2.Cl. The summed E-state index contributed by atoms with van der Waals surface area (Å²) in [4.78, 5) is 15.3. The number of benzene rings is 2. The molecule has 150 valence electrons. The van der Waals surface area contributed by atoms with E-state index in [0.717, 1.165) is 31.7 Å². The molecule has 0 saturated carbocycles. The van der Waals surface area contributed by atoms with Crippen LogP contribution in [-0.2, 0) is 17.8 Å². The lowest BCUT2D eigenvalue weighted by Crippen LogP contribution is -2.39. The summed E-state index contributed by atoms with van der Waals surface area (Å²) in [5.74, 6) is 1.77. The summed E-state index contributed by atoms with van der Waals surface area (Å²) >= 11 is 0. The molecule has 1 saturated heterocycles. The van der Waals surface area contributed by atoms with E-state index in [0.29, 0.717) is 18.9 Å². The molecule has 28 heavy (non-hydrogen) atoms. The maximum absolute atomic E-state index is 13.2. The molecule has 0 aliphatic carbocycles. The van der Waals surface area contributed by atoms with Crippen molar-refractivity contribution in [1.82, 2.24) is 10.2 Å². The second kappa shape index (κ2) is 9.44. The number of amides is 1. The number of ether oxygens (including phenoxy) is 1. The highest BCUT2D eigenvalue weighted by molar-refractivity contribution is 5.85. The molecule has 0 radical (unpaired) electrons. The van der Waals surface area contributed by atoms with Gasteiger partial charge in [0.15, 0.2) is 0 Å². The molecule has 1 amide bonds. The van der Waals surface area contributed by atoms with Gasteiger partial charge in [0.25, 0.3) is 0 Å². The predicted octanol–water partition coefficient (Wildman–Crippen LogP) is 4.13. The van der Waals surface area contributed by atoms with Crippen molar-refractivity contribution in [3.05, 3.63) is 65.2 Å². The molecular formula is C23H29ClN2O2. The van der Waals surface area contributed by atoms with Gasteiger partial charge in [0.2, 0.25) is 5.91 Å². The molecule has 0 bridgehead atoms. The molecule has 2 heterocycles. The van der Waals surface area contributed by atoms with Gasteiger partial charge in [0, 0.05) is 13.0 Å². The van der Waals surface area contributed by atoms with Gasteiger partial charge in [-0.1, -0.05) is 36.4 Å². The largest absolute Gasteiger partial charge is 0.497 e. The fourth-order valence-electron chi connectivity index (χ4n) is 4.35. The monoisotopic (exact) mass is 400 g/mol. The third-order valence-corrected chi connectivity index (χ3v) is 5.98. The van der Waals surface area contributed by atoms with Crippen molar-refractivity contribution in [2.24, 2.45) is 5.92 Å². The van der Waals surface area contributed by atoms with E-state index in [1.807, 2.05) is 12.1 Å². The molecule has 5 heteroatoms. The molecule has 0 spiro atoms. The summed E-state index contributed by atoms with van der Waals surface area (Å²) in [6.07, 6.45) is 3.67. The Morgan fingerprint density at radius 3 is 2.71 bits per heavy atom. The van der Waals surface area contributed by atoms with Crippen molar-refractivity contribution < 1.29 is 9.53 Å². The molecule has 2 aromatic carbocycles. The fraction of sp³-hybridized carbons (Fsp3) is 0.435. The Morgan fingerprint density at radius 2 is 2.00 bits per heavy atom. The first-order valence-electron chi connectivity index (χ1n) is 9.95. The molecule has 2 atom stereocenters. The minimum Gasteiger partial charge on any atom is -0.497 e. The van der Waals surface area contributed by atoms with Gasteiger partial charge in [-0.05, 0) is 67.1 Å². The van der Waals surface area contributed by atoms with E-state index in [9.17, 15) is 4.79 Å². The normalized spacial score (nSPS) is 21.0. The first kappa shape index (κ1) is 20.7. The maximum Gasteiger partial charge on any atom is 0.223 e. The highest BCUT2D eigenvalue weighted by Gasteiger charge is 2.31. The summed E-state index contributed by atoms with van der Waals surface area (Å²) in [5.41, 5.74) is 3.74. The van der Waals surface area contributed by atoms with E-state index in [2.05, 4.69) is 46.6 Å². The lowest BCUT2D eigenvalue weighted by atomic mass is 9.89. The average Bonchev–Trinajstić information content (AvgIpc) is 3.25. The molecule has 0 aromatic heterocycles. The Bertz CT molecular complexity index is 790. The average molecular weight is 401 g/mol. The molecule has 2 aromatic rings. The quantitative estimate of drug-likeness (QED) is 0.820. The third kappa shape index (κ3) is 4.50. The van der Waals surface area contributed by atoms with Crippen LogP contribution in [0.5, 0.6) is 5.75 Å². The minimum atomic E-state index is 0. The summed E-state index contributed by atoms with van der Waals surface area (Å²) in [6.45, 7) is 2.80. The standard InChI is InChI=1S/C23H28N2O2.ClH/c1-27-21-9-8-19-14-22(18-5-3-2-4-6-18)25(16-20(19)13-21)23(26)10-7-17-11-12-24-15-17;/h2-6,8-9,13,17,22,24H,7,10-12,14-16H2,1H3;1H. The summed E-state index contributed by atoms with van der Waals surface area (Å²) < 4.78 is 5.39. The van der Waals surface area contributed by atoms with Gasteiger partial charge in [-0.15, -0.1) is 12.4 Å². The van der Waals surface area contributed by atoms with E-state index in [1.54, 1.807) is 7.11 Å². The Kier molecular flexibility index (Phi) is 6.97. The van der Waals surface area contributed by atoms with Crippen LogP contribution in [0.1, 0.15) is 42.0 Å². The molecule has 2 unspecified atom stereocenters. The smallest absolute Gasteiger partial charge is 0.223 e. The van der Waals surface area contributed by atoms with Gasteiger partial charge < -0.3 is 15.0 Å². The first-order chi connectivity index (χ1) is 13.2. The molecule has 1 N–H and O–H groups in total. The summed E-state index contributed by atoms with van der Waals surface area (Å²) in [5, 5.41) is 3.40. The maximum atomic E-state index is 13.2. The van der Waals surface area contributed by atoms with Crippen molar-refractivity contribution in [3.63, 3.8) is 0 Å². The number of hydrogen-bond acceptors (Lipinski definition) is 3. The van der Waals surface area contributed by atoms with Crippen molar-refractivity contribution in [3.8, 4) is 5.75 Å². The zero-order valence-electron chi connectivity index (χ0n) is 16.4. The Hall–Kier alpha value is -2.04. The van der Waals surface area contributed by atoms with Gasteiger partial charge >= 0.3 is 0 Å². The van der Waals surface area contributed by atoms with Crippen LogP contribution in [0.25, 0.3) is 0 Å². The molecular weight excluding hydrogens is 372 g/mol. The van der Waals surface area contributed by atoms with Crippen LogP contribution < -0.4 is 10.1 Å². The number of nitrogens with zero attached hydrogens (tertiary/aromatic N) is 1. The van der Waals surface area contributed by atoms with Crippen LogP contribution in [-0.4, -0.2) is 31.0 Å². The van der Waals surface area contributed by atoms with Gasteiger partial charge in [-0.2, -0.15) is 0 Å².